The molecule has 2 fully saturated rings. The normalized spacial score (nSPS) is 24.7. The summed E-state index contributed by atoms with van der Waals surface area (Å²) in [7, 11) is 0. The van der Waals surface area contributed by atoms with Crippen LogP contribution in [0.5, 0.6) is 0 Å². The highest BCUT2D eigenvalue weighted by Gasteiger charge is 2.36. The molecule has 0 spiro atoms. The number of aryl methyl sites for hydroxylation is 1. The highest BCUT2D eigenvalue weighted by Crippen LogP contribution is 2.35. The molecule has 6 nitrogen and oxygen atoms in total. The zero-order valence-corrected chi connectivity index (χ0v) is 21.8. The minimum absolute atomic E-state index is 0.189. The van der Waals surface area contributed by atoms with Crippen LogP contribution in [0.25, 0.3) is 0 Å². The maximum atomic E-state index is 13.8. The Bertz CT molecular complexity index is 1090. The lowest BCUT2D eigenvalue weighted by Crippen LogP contribution is -2.55. The standard InChI is InChI=1S/C31H39N3O3/c35-31(26-12-5-2-6-13-26)34-27(16-15-25-11-7-8-14-28(25)34)22-32-17-19-33(20-18-32)29-23-36-30(37-29)21-24-9-3-1-4-10-24/h1,3-4,7-11,14,23,26-27,30H,2,5-6,12-13,15-22H2. The molecule has 196 valence electrons. The summed E-state index contributed by atoms with van der Waals surface area (Å²) in [5.74, 6) is 1.40. The van der Waals surface area contributed by atoms with Crippen LogP contribution in [-0.2, 0) is 27.1 Å². The molecule has 6 rings (SSSR count). The van der Waals surface area contributed by atoms with Crippen LogP contribution in [0.15, 0.2) is 66.7 Å². The van der Waals surface area contributed by atoms with Crippen molar-refractivity contribution in [3.8, 4) is 0 Å². The maximum Gasteiger partial charge on any atom is 0.246 e. The number of piperazine rings is 1. The minimum Gasteiger partial charge on any atom is -0.457 e. The largest absolute Gasteiger partial charge is 0.457 e. The van der Waals surface area contributed by atoms with E-state index < -0.39 is 0 Å². The molecule has 3 heterocycles. The molecule has 1 amide bonds. The average Bonchev–Trinajstić information content (AvgIpc) is 3.42. The van der Waals surface area contributed by atoms with Gasteiger partial charge >= 0.3 is 0 Å². The van der Waals surface area contributed by atoms with E-state index in [-0.39, 0.29) is 18.2 Å². The number of nitrogens with zero attached hydrogens (tertiary/aromatic N) is 3. The molecule has 2 unspecified atom stereocenters. The van der Waals surface area contributed by atoms with Gasteiger partial charge in [0.25, 0.3) is 0 Å². The molecule has 37 heavy (non-hydrogen) atoms. The molecule has 0 radical (unpaired) electrons. The molecule has 6 heteroatoms. The number of amides is 1. The number of rotatable bonds is 6. The van der Waals surface area contributed by atoms with Crippen molar-refractivity contribution in [2.45, 2.75) is 63.7 Å². The van der Waals surface area contributed by atoms with Crippen molar-refractivity contribution in [1.29, 1.82) is 0 Å². The van der Waals surface area contributed by atoms with E-state index in [0.29, 0.717) is 5.91 Å². The number of anilines is 1. The number of hydrogen-bond acceptors (Lipinski definition) is 5. The summed E-state index contributed by atoms with van der Waals surface area (Å²) in [6.07, 6.45) is 10.1. The maximum absolute atomic E-state index is 13.8. The van der Waals surface area contributed by atoms with E-state index in [0.717, 1.165) is 76.4 Å². The first-order valence-corrected chi connectivity index (χ1v) is 14.2. The van der Waals surface area contributed by atoms with Gasteiger partial charge in [0.1, 0.15) is 6.26 Å². The van der Waals surface area contributed by atoms with Crippen molar-refractivity contribution in [2.75, 3.05) is 37.6 Å². The lowest BCUT2D eigenvalue weighted by molar-refractivity contribution is -0.124. The molecular formula is C31H39N3O3. The molecule has 1 saturated carbocycles. The van der Waals surface area contributed by atoms with E-state index in [4.69, 9.17) is 9.47 Å². The number of para-hydroxylation sites is 1. The monoisotopic (exact) mass is 501 g/mol. The van der Waals surface area contributed by atoms with Gasteiger partial charge in [0.2, 0.25) is 18.1 Å². The van der Waals surface area contributed by atoms with E-state index in [2.05, 4.69) is 51.1 Å². The molecule has 2 atom stereocenters. The van der Waals surface area contributed by atoms with Gasteiger partial charge in [-0.05, 0) is 42.9 Å². The molecule has 3 aliphatic heterocycles. The third-order valence-electron chi connectivity index (χ3n) is 8.53. The molecule has 1 saturated heterocycles. The van der Waals surface area contributed by atoms with Crippen LogP contribution in [0.3, 0.4) is 0 Å². The topological polar surface area (TPSA) is 45.3 Å². The second-order valence-corrected chi connectivity index (χ2v) is 11.0. The Kier molecular flexibility index (Phi) is 7.36. The third kappa shape index (κ3) is 5.49. The first-order valence-electron chi connectivity index (χ1n) is 14.2. The van der Waals surface area contributed by atoms with Crippen molar-refractivity contribution in [2.24, 2.45) is 5.92 Å². The molecule has 2 aromatic carbocycles. The Hall–Kier alpha value is -2.99. The van der Waals surface area contributed by atoms with Gasteiger partial charge in [0.15, 0.2) is 0 Å². The highest BCUT2D eigenvalue weighted by molar-refractivity contribution is 5.97. The van der Waals surface area contributed by atoms with E-state index >= 15 is 0 Å². The summed E-state index contributed by atoms with van der Waals surface area (Å²) in [5.41, 5.74) is 3.69. The van der Waals surface area contributed by atoms with Gasteiger partial charge in [0, 0.05) is 56.8 Å². The summed E-state index contributed by atoms with van der Waals surface area (Å²) in [6, 6.07) is 19.1. The third-order valence-corrected chi connectivity index (χ3v) is 8.53. The van der Waals surface area contributed by atoms with Crippen LogP contribution in [0.1, 0.15) is 49.7 Å². The summed E-state index contributed by atoms with van der Waals surface area (Å²) in [5, 5.41) is 0. The molecular weight excluding hydrogens is 462 g/mol. The van der Waals surface area contributed by atoms with Crippen molar-refractivity contribution in [3.63, 3.8) is 0 Å². The Balaban J connectivity index is 1.06. The van der Waals surface area contributed by atoms with Crippen molar-refractivity contribution in [3.05, 3.63) is 77.9 Å². The van der Waals surface area contributed by atoms with E-state index in [1.54, 1.807) is 6.26 Å². The van der Waals surface area contributed by atoms with Crippen LogP contribution in [0, 0.1) is 5.92 Å². The lowest BCUT2D eigenvalue weighted by Gasteiger charge is -2.43. The summed E-state index contributed by atoms with van der Waals surface area (Å²) >= 11 is 0. The van der Waals surface area contributed by atoms with Crippen LogP contribution >= 0.6 is 0 Å². The predicted octanol–water partition coefficient (Wildman–Crippen LogP) is 4.95. The molecule has 2 aromatic rings. The second kappa shape index (κ2) is 11.2. The minimum atomic E-state index is -0.253. The predicted molar refractivity (Wildman–Crippen MR) is 145 cm³/mol. The van der Waals surface area contributed by atoms with E-state index in [1.807, 2.05) is 18.2 Å². The van der Waals surface area contributed by atoms with Crippen LogP contribution in [-0.4, -0.2) is 60.8 Å². The number of ether oxygens (including phenoxy) is 2. The van der Waals surface area contributed by atoms with Gasteiger partial charge in [-0.2, -0.15) is 0 Å². The zero-order valence-electron chi connectivity index (χ0n) is 21.8. The molecule has 1 aliphatic carbocycles. The Morgan fingerprint density at radius 1 is 0.865 bits per heavy atom. The van der Waals surface area contributed by atoms with Gasteiger partial charge < -0.3 is 19.3 Å². The highest BCUT2D eigenvalue weighted by atomic mass is 16.7. The smallest absolute Gasteiger partial charge is 0.246 e. The summed E-state index contributed by atoms with van der Waals surface area (Å²) in [6.45, 7) is 4.69. The van der Waals surface area contributed by atoms with Crippen molar-refractivity contribution < 1.29 is 14.3 Å². The fourth-order valence-electron chi connectivity index (χ4n) is 6.44. The second-order valence-electron chi connectivity index (χ2n) is 11.0. The van der Waals surface area contributed by atoms with Crippen LogP contribution in [0.2, 0.25) is 0 Å². The summed E-state index contributed by atoms with van der Waals surface area (Å²) < 4.78 is 12.0. The van der Waals surface area contributed by atoms with E-state index in [9.17, 15) is 4.79 Å². The SMILES string of the molecule is O=C(C1CCCCC1)N1c2ccccc2CCC1CN1CCN(C2=COC(Cc3ccccc3)O2)CC1. The average molecular weight is 502 g/mol. The fourth-order valence-corrected chi connectivity index (χ4v) is 6.44. The quantitative estimate of drug-likeness (QED) is 0.561. The molecule has 0 aromatic heterocycles. The van der Waals surface area contributed by atoms with Crippen molar-refractivity contribution in [1.82, 2.24) is 9.80 Å². The number of hydrogen-bond donors (Lipinski definition) is 0. The van der Waals surface area contributed by atoms with Gasteiger partial charge in [0.05, 0.1) is 0 Å². The number of carbonyl (C=O) groups is 1. The number of benzene rings is 2. The first kappa shape index (κ1) is 24.4. The molecule has 0 N–H and O–H groups in total. The Morgan fingerprint density at radius 2 is 1.62 bits per heavy atom. The Labute approximate surface area is 220 Å². The molecule has 4 aliphatic rings. The van der Waals surface area contributed by atoms with E-state index in [1.165, 1.54) is 30.4 Å². The van der Waals surface area contributed by atoms with Crippen LogP contribution < -0.4 is 4.90 Å². The molecule has 0 bridgehead atoms. The van der Waals surface area contributed by atoms with Gasteiger partial charge in [-0.1, -0.05) is 67.8 Å². The zero-order chi connectivity index (χ0) is 25.0. The lowest BCUT2D eigenvalue weighted by atomic mass is 9.86. The first-order chi connectivity index (χ1) is 18.2. The van der Waals surface area contributed by atoms with Crippen molar-refractivity contribution >= 4 is 11.6 Å². The Morgan fingerprint density at radius 3 is 2.43 bits per heavy atom. The van der Waals surface area contributed by atoms with Gasteiger partial charge in [-0.3, -0.25) is 9.69 Å². The van der Waals surface area contributed by atoms with Crippen LogP contribution in [0.4, 0.5) is 5.69 Å². The van der Waals surface area contributed by atoms with Gasteiger partial charge in [-0.15, -0.1) is 0 Å². The number of carbonyl (C=O) groups excluding carboxylic acids is 1. The summed E-state index contributed by atoms with van der Waals surface area (Å²) in [4.78, 5) is 20.8. The fraction of sp³-hybridized carbons (Fsp3) is 0.516. The van der Waals surface area contributed by atoms with Gasteiger partial charge in [-0.25, -0.2) is 0 Å². The number of fused-ring (bicyclic) bond motifs is 1.